The molecule has 1 aromatic rings. The van der Waals surface area contributed by atoms with Crippen molar-refractivity contribution >= 4 is 21.6 Å². The maximum Gasteiger partial charge on any atom is 0.238 e. The Kier molecular flexibility index (Phi) is 3.49. The molecule has 0 aliphatic carbocycles. The van der Waals surface area contributed by atoms with Crippen molar-refractivity contribution in [3.63, 3.8) is 0 Å². The lowest BCUT2D eigenvalue weighted by atomic mass is 10.2. The molecule has 14 heavy (non-hydrogen) atoms. The van der Waals surface area contributed by atoms with Crippen molar-refractivity contribution in [2.24, 2.45) is 5.14 Å². The molecule has 0 aliphatic rings. The lowest BCUT2D eigenvalue weighted by Crippen LogP contribution is -2.12. The molecule has 0 saturated carbocycles. The molecule has 1 aromatic carbocycles. The van der Waals surface area contributed by atoms with Crippen LogP contribution >= 0.6 is 11.6 Å². The Morgan fingerprint density at radius 3 is 2.57 bits per heavy atom. The van der Waals surface area contributed by atoms with E-state index in [1.165, 1.54) is 19.2 Å². The van der Waals surface area contributed by atoms with Gasteiger partial charge in [0, 0.05) is 12.1 Å². The van der Waals surface area contributed by atoms with E-state index in [4.69, 9.17) is 21.5 Å². The van der Waals surface area contributed by atoms with E-state index in [-0.39, 0.29) is 4.90 Å². The van der Waals surface area contributed by atoms with E-state index in [0.717, 1.165) is 0 Å². The van der Waals surface area contributed by atoms with Crippen LogP contribution in [0.15, 0.2) is 23.1 Å². The van der Waals surface area contributed by atoms with Crippen LogP contribution in [0.1, 0.15) is 5.56 Å². The molecule has 0 aliphatic heterocycles. The van der Waals surface area contributed by atoms with Gasteiger partial charge in [0.05, 0.1) is 11.5 Å². The number of rotatable bonds is 3. The number of hydrogen-bond donors (Lipinski definition) is 1. The minimum atomic E-state index is -3.71. The summed E-state index contributed by atoms with van der Waals surface area (Å²) in [6.07, 6.45) is 0. The highest BCUT2D eigenvalue weighted by Gasteiger charge is 2.09. The van der Waals surface area contributed by atoms with E-state index >= 15 is 0 Å². The molecule has 0 saturated heterocycles. The molecule has 0 aromatic heterocycles. The molecule has 0 heterocycles. The summed E-state index contributed by atoms with van der Waals surface area (Å²) >= 11 is 5.72. The Morgan fingerprint density at radius 2 is 2.07 bits per heavy atom. The Bertz CT molecular complexity index is 430. The molecule has 0 unspecified atom stereocenters. The number of primary sulfonamides is 1. The van der Waals surface area contributed by atoms with Crippen molar-refractivity contribution in [3.05, 3.63) is 28.8 Å². The maximum absolute atomic E-state index is 11.0. The molecule has 6 heteroatoms. The van der Waals surface area contributed by atoms with E-state index < -0.39 is 10.0 Å². The number of sulfonamides is 1. The molecule has 0 spiro atoms. The summed E-state index contributed by atoms with van der Waals surface area (Å²) in [7, 11) is -2.19. The first kappa shape index (κ1) is 11.5. The van der Waals surface area contributed by atoms with Crippen LogP contribution in [-0.4, -0.2) is 15.5 Å². The fraction of sp³-hybridized carbons (Fsp3) is 0.250. The zero-order valence-corrected chi connectivity index (χ0v) is 9.10. The molecular formula is C8H10ClNO3S. The summed E-state index contributed by atoms with van der Waals surface area (Å²) in [5.41, 5.74) is 0.670. The smallest absolute Gasteiger partial charge is 0.238 e. The van der Waals surface area contributed by atoms with Gasteiger partial charge in [-0.15, -0.1) is 0 Å². The minimum Gasteiger partial charge on any atom is -0.380 e. The topological polar surface area (TPSA) is 69.4 Å². The van der Waals surface area contributed by atoms with Crippen LogP contribution in [0.3, 0.4) is 0 Å². The fourth-order valence-corrected chi connectivity index (χ4v) is 1.96. The van der Waals surface area contributed by atoms with Gasteiger partial charge < -0.3 is 4.74 Å². The number of benzene rings is 1. The van der Waals surface area contributed by atoms with Gasteiger partial charge in [-0.3, -0.25) is 0 Å². The lowest BCUT2D eigenvalue weighted by molar-refractivity contribution is 0.184. The summed E-state index contributed by atoms with van der Waals surface area (Å²) in [5, 5.41) is 5.29. The SMILES string of the molecule is COCc1cc(Cl)cc(S(N)(=O)=O)c1. The quantitative estimate of drug-likeness (QED) is 0.854. The number of nitrogens with two attached hydrogens (primary N) is 1. The highest BCUT2D eigenvalue weighted by atomic mass is 35.5. The first-order valence-corrected chi connectivity index (χ1v) is 5.67. The third-order valence-electron chi connectivity index (χ3n) is 1.57. The van der Waals surface area contributed by atoms with E-state index in [1.54, 1.807) is 6.07 Å². The molecular weight excluding hydrogens is 226 g/mol. The van der Waals surface area contributed by atoms with E-state index in [1.807, 2.05) is 0 Å². The van der Waals surface area contributed by atoms with Crippen LogP contribution in [0.2, 0.25) is 5.02 Å². The van der Waals surface area contributed by atoms with Crippen molar-refractivity contribution in [2.75, 3.05) is 7.11 Å². The molecule has 0 amide bonds. The van der Waals surface area contributed by atoms with Gasteiger partial charge in [0.15, 0.2) is 0 Å². The Balaban J connectivity index is 3.21. The fourth-order valence-electron chi connectivity index (χ4n) is 1.04. The predicted molar refractivity (Wildman–Crippen MR) is 53.5 cm³/mol. The van der Waals surface area contributed by atoms with Gasteiger partial charge in [-0.25, -0.2) is 13.6 Å². The van der Waals surface area contributed by atoms with Crippen LogP contribution in [0, 0.1) is 0 Å². The van der Waals surface area contributed by atoms with Gasteiger partial charge >= 0.3 is 0 Å². The van der Waals surface area contributed by atoms with Crippen LogP contribution in [0.5, 0.6) is 0 Å². The number of methoxy groups -OCH3 is 1. The molecule has 0 radical (unpaired) electrons. The second kappa shape index (κ2) is 4.27. The van der Waals surface area contributed by atoms with Crippen molar-refractivity contribution in [2.45, 2.75) is 11.5 Å². The number of ether oxygens (including phenoxy) is 1. The summed E-state index contributed by atoms with van der Waals surface area (Å²) < 4.78 is 26.9. The average molecular weight is 236 g/mol. The highest BCUT2D eigenvalue weighted by molar-refractivity contribution is 7.89. The second-order valence-electron chi connectivity index (χ2n) is 2.77. The molecule has 78 valence electrons. The van der Waals surface area contributed by atoms with Gasteiger partial charge in [-0.1, -0.05) is 11.6 Å². The zero-order valence-electron chi connectivity index (χ0n) is 7.53. The average Bonchev–Trinajstić information content (AvgIpc) is 2.02. The molecule has 0 atom stereocenters. The Labute approximate surface area is 87.7 Å². The Morgan fingerprint density at radius 1 is 1.43 bits per heavy atom. The van der Waals surface area contributed by atoms with Crippen molar-refractivity contribution < 1.29 is 13.2 Å². The number of halogens is 1. The monoisotopic (exact) mass is 235 g/mol. The summed E-state index contributed by atoms with van der Waals surface area (Å²) in [4.78, 5) is -0.00273. The van der Waals surface area contributed by atoms with Gasteiger partial charge in [0.1, 0.15) is 0 Å². The van der Waals surface area contributed by atoms with Gasteiger partial charge in [-0.2, -0.15) is 0 Å². The van der Waals surface area contributed by atoms with Crippen LogP contribution < -0.4 is 5.14 Å². The first-order valence-electron chi connectivity index (χ1n) is 3.74. The molecule has 0 bridgehead atoms. The summed E-state index contributed by atoms with van der Waals surface area (Å²) in [5.74, 6) is 0. The van der Waals surface area contributed by atoms with E-state index in [2.05, 4.69) is 0 Å². The lowest BCUT2D eigenvalue weighted by Gasteiger charge is -2.04. The summed E-state index contributed by atoms with van der Waals surface area (Å²) in [6.45, 7) is 0.295. The van der Waals surface area contributed by atoms with Crippen molar-refractivity contribution in [1.29, 1.82) is 0 Å². The van der Waals surface area contributed by atoms with E-state index in [9.17, 15) is 8.42 Å². The molecule has 4 nitrogen and oxygen atoms in total. The van der Waals surface area contributed by atoms with E-state index in [0.29, 0.717) is 17.2 Å². The zero-order chi connectivity index (χ0) is 10.8. The maximum atomic E-state index is 11.0. The van der Waals surface area contributed by atoms with Crippen LogP contribution in [0.25, 0.3) is 0 Å². The highest BCUT2D eigenvalue weighted by Crippen LogP contribution is 2.18. The third-order valence-corrected chi connectivity index (χ3v) is 2.68. The Hall–Kier alpha value is -0.620. The third kappa shape index (κ3) is 2.95. The largest absolute Gasteiger partial charge is 0.380 e. The van der Waals surface area contributed by atoms with Crippen LogP contribution in [0.4, 0.5) is 0 Å². The predicted octanol–water partition coefficient (Wildman–Crippen LogP) is 1.13. The number of hydrogen-bond acceptors (Lipinski definition) is 3. The summed E-state index contributed by atoms with van der Waals surface area (Å²) in [6, 6.07) is 4.36. The normalized spacial score (nSPS) is 11.6. The molecule has 2 N–H and O–H groups in total. The van der Waals surface area contributed by atoms with Gasteiger partial charge in [0.2, 0.25) is 10.0 Å². The minimum absolute atomic E-state index is 0.00273. The first-order chi connectivity index (χ1) is 6.43. The van der Waals surface area contributed by atoms with Gasteiger partial charge in [-0.05, 0) is 23.8 Å². The van der Waals surface area contributed by atoms with Crippen molar-refractivity contribution in [3.8, 4) is 0 Å². The van der Waals surface area contributed by atoms with Crippen molar-refractivity contribution in [1.82, 2.24) is 0 Å². The van der Waals surface area contributed by atoms with Crippen LogP contribution in [-0.2, 0) is 21.4 Å². The molecule has 0 fully saturated rings. The standard InChI is InChI=1S/C8H10ClNO3S/c1-13-5-6-2-7(9)4-8(3-6)14(10,11)12/h2-4H,5H2,1H3,(H2,10,11,12). The molecule has 1 rings (SSSR count). The second-order valence-corrected chi connectivity index (χ2v) is 4.77. The van der Waals surface area contributed by atoms with Gasteiger partial charge in [0.25, 0.3) is 0 Å².